The summed E-state index contributed by atoms with van der Waals surface area (Å²) in [5.74, 6) is 1.72. The lowest BCUT2D eigenvalue weighted by Gasteiger charge is -2.32. The SMILES string of the molecule is Cc1ccc(NC(=O)c2cc3nc(Cc4c(Cl)ccc(CNC(=O)C(C)(C)C)c4Cl)n(C)c3nc2N2CCC(C)CC2)cc1. The van der Waals surface area contributed by atoms with Crippen molar-refractivity contribution in [2.75, 3.05) is 23.3 Å². The van der Waals surface area contributed by atoms with Gasteiger partial charge >= 0.3 is 0 Å². The molecule has 0 aliphatic carbocycles. The van der Waals surface area contributed by atoms with Gasteiger partial charge in [0.2, 0.25) is 5.91 Å². The minimum atomic E-state index is -0.511. The number of rotatable bonds is 7. The normalized spacial score (nSPS) is 14.2. The van der Waals surface area contributed by atoms with Crippen molar-refractivity contribution in [3.05, 3.63) is 80.6 Å². The minimum Gasteiger partial charge on any atom is -0.356 e. The van der Waals surface area contributed by atoms with E-state index in [0.717, 1.165) is 48.3 Å². The summed E-state index contributed by atoms with van der Waals surface area (Å²) < 4.78 is 1.94. The molecule has 4 aromatic rings. The van der Waals surface area contributed by atoms with Gasteiger partial charge in [-0.3, -0.25) is 9.59 Å². The Morgan fingerprint density at radius 1 is 1.02 bits per heavy atom. The van der Waals surface area contributed by atoms with Crippen LogP contribution < -0.4 is 15.5 Å². The third-order valence-corrected chi connectivity index (χ3v) is 9.10. The Labute approximate surface area is 269 Å². The molecule has 2 amide bonds. The van der Waals surface area contributed by atoms with Crippen LogP contribution in [0.2, 0.25) is 10.0 Å². The number of halogens is 2. The molecule has 1 aliphatic rings. The van der Waals surface area contributed by atoms with Gasteiger partial charge in [-0.05, 0) is 61.1 Å². The average molecular weight is 636 g/mol. The Morgan fingerprint density at radius 2 is 1.70 bits per heavy atom. The van der Waals surface area contributed by atoms with Crippen LogP contribution in [0.15, 0.2) is 42.5 Å². The average Bonchev–Trinajstić information content (AvgIpc) is 3.29. The van der Waals surface area contributed by atoms with Crippen LogP contribution in [0.5, 0.6) is 0 Å². The topological polar surface area (TPSA) is 92.2 Å². The number of aromatic nitrogens is 3. The molecular weight excluding hydrogens is 595 g/mol. The first kappa shape index (κ1) is 31.8. The van der Waals surface area contributed by atoms with E-state index in [0.29, 0.717) is 57.3 Å². The van der Waals surface area contributed by atoms with Gasteiger partial charge in [-0.25, -0.2) is 9.97 Å². The Balaban J connectivity index is 1.50. The van der Waals surface area contributed by atoms with Crippen LogP contribution in [0, 0.1) is 18.3 Å². The molecule has 1 aliphatic heterocycles. The number of hydrogen-bond donors (Lipinski definition) is 2. The van der Waals surface area contributed by atoms with Gasteiger partial charge in [0.25, 0.3) is 5.91 Å². The summed E-state index contributed by atoms with van der Waals surface area (Å²) in [4.78, 5) is 38.3. The summed E-state index contributed by atoms with van der Waals surface area (Å²) >= 11 is 13.5. The predicted octanol–water partition coefficient (Wildman–Crippen LogP) is 7.33. The molecule has 232 valence electrons. The molecule has 2 aromatic heterocycles. The standard InChI is InChI=1S/C34H40Cl2N6O2/c1-20-7-10-23(11-8-20)38-32(43)25-17-27-31(40-30(25)42-15-13-21(2)14-16-42)41(6)28(39-27)18-24-26(35)12-9-22(29(24)36)19-37-33(44)34(3,4)5/h7-12,17,21H,13-16,18-19H2,1-6H3,(H,37,44)(H,38,43). The number of amides is 2. The lowest BCUT2D eigenvalue weighted by Crippen LogP contribution is -2.35. The van der Waals surface area contributed by atoms with Gasteiger partial charge in [-0.15, -0.1) is 0 Å². The molecule has 0 radical (unpaired) electrons. The summed E-state index contributed by atoms with van der Waals surface area (Å²) in [6.45, 7) is 11.8. The molecule has 2 aromatic carbocycles. The van der Waals surface area contributed by atoms with Crippen LogP contribution in [0.25, 0.3) is 11.2 Å². The molecule has 0 saturated carbocycles. The Morgan fingerprint density at radius 3 is 2.36 bits per heavy atom. The monoisotopic (exact) mass is 634 g/mol. The van der Waals surface area contributed by atoms with Gasteiger partial charge < -0.3 is 20.1 Å². The van der Waals surface area contributed by atoms with Crippen molar-refractivity contribution in [2.45, 2.75) is 60.4 Å². The zero-order valence-corrected chi connectivity index (χ0v) is 27.7. The number of benzene rings is 2. The van der Waals surface area contributed by atoms with Crippen LogP contribution in [0.3, 0.4) is 0 Å². The molecular formula is C34H40Cl2N6O2. The van der Waals surface area contributed by atoms with Crippen LogP contribution in [-0.2, 0) is 24.8 Å². The predicted molar refractivity (Wildman–Crippen MR) is 179 cm³/mol. The maximum Gasteiger partial charge on any atom is 0.259 e. The van der Waals surface area contributed by atoms with Crippen molar-refractivity contribution in [3.63, 3.8) is 0 Å². The summed E-state index contributed by atoms with van der Waals surface area (Å²) in [6, 6.07) is 13.2. The molecule has 0 atom stereocenters. The van der Waals surface area contributed by atoms with E-state index in [1.165, 1.54) is 0 Å². The van der Waals surface area contributed by atoms with Crippen LogP contribution in [-0.4, -0.2) is 39.4 Å². The molecule has 5 rings (SSSR count). The molecule has 1 fully saturated rings. The Hall–Kier alpha value is -3.62. The second-order valence-corrected chi connectivity index (χ2v) is 13.7. The number of hydrogen-bond acceptors (Lipinski definition) is 5. The van der Waals surface area contributed by atoms with Crippen LogP contribution in [0.4, 0.5) is 11.5 Å². The lowest BCUT2D eigenvalue weighted by atomic mass is 9.95. The van der Waals surface area contributed by atoms with E-state index in [4.69, 9.17) is 33.2 Å². The van der Waals surface area contributed by atoms with Crippen LogP contribution in [0.1, 0.15) is 73.4 Å². The third kappa shape index (κ3) is 6.87. The largest absolute Gasteiger partial charge is 0.356 e. The van der Waals surface area contributed by atoms with Gasteiger partial charge in [0.15, 0.2) is 5.65 Å². The van der Waals surface area contributed by atoms with Crippen molar-refractivity contribution in [1.29, 1.82) is 0 Å². The first-order valence-electron chi connectivity index (χ1n) is 15.0. The zero-order chi connectivity index (χ0) is 31.8. The summed E-state index contributed by atoms with van der Waals surface area (Å²) in [5, 5.41) is 7.01. The van der Waals surface area contributed by atoms with Gasteiger partial charge in [0, 0.05) is 49.2 Å². The number of nitrogens with zero attached hydrogens (tertiary/aromatic N) is 4. The number of aryl methyl sites for hydroxylation is 2. The van der Waals surface area contributed by atoms with Crippen molar-refractivity contribution in [2.24, 2.45) is 18.4 Å². The highest BCUT2D eigenvalue weighted by molar-refractivity contribution is 6.36. The smallest absolute Gasteiger partial charge is 0.259 e. The first-order valence-corrected chi connectivity index (χ1v) is 15.8. The molecule has 10 heteroatoms. The summed E-state index contributed by atoms with van der Waals surface area (Å²) in [6.07, 6.45) is 2.44. The van der Waals surface area contributed by atoms with Crippen molar-refractivity contribution in [3.8, 4) is 0 Å². The van der Waals surface area contributed by atoms with E-state index in [-0.39, 0.29) is 11.8 Å². The number of carbonyl (C=O) groups excluding carboxylic acids is 2. The van der Waals surface area contributed by atoms with E-state index >= 15 is 0 Å². The molecule has 8 nitrogen and oxygen atoms in total. The van der Waals surface area contributed by atoms with E-state index in [9.17, 15) is 9.59 Å². The molecule has 0 unspecified atom stereocenters. The second kappa shape index (κ2) is 12.8. The first-order chi connectivity index (χ1) is 20.8. The number of anilines is 2. The van der Waals surface area contributed by atoms with Gasteiger partial charge in [-0.1, -0.05) is 74.7 Å². The second-order valence-electron chi connectivity index (χ2n) is 12.9. The van der Waals surface area contributed by atoms with Crippen LogP contribution >= 0.6 is 23.2 Å². The summed E-state index contributed by atoms with van der Waals surface area (Å²) in [7, 11) is 1.92. The molecule has 44 heavy (non-hydrogen) atoms. The number of imidazole rings is 1. The van der Waals surface area contributed by atoms with E-state index in [1.54, 1.807) is 6.07 Å². The lowest BCUT2D eigenvalue weighted by molar-refractivity contribution is -0.128. The fourth-order valence-electron chi connectivity index (χ4n) is 5.31. The molecule has 0 spiro atoms. The Bertz CT molecular complexity index is 1700. The highest BCUT2D eigenvalue weighted by Crippen LogP contribution is 2.33. The van der Waals surface area contributed by atoms with Crippen molar-refractivity contribution in [1.82, 2.24) is 19.9 Å². The fraction of sp³-hybridized carbons (Fsp3) is 0.412. The fourth-order valence-corrected chi connectivity index (χ4v) is 5.89. The van der Waals surface area contributed by atoms with E-state index in [1.807, 2.05) is 75.7 Å². The van der Waals surface area contributed by atoms with Gasteiger partial charge in [-0.2, -0.15) is 0 Å². The van der Waals surface area contributed by atoms with E-state index < -0.39 is 5.41 Å². The maximum atomic E-state index is 13.7. The Kier molecular flexibility index (Phi) is 9.23. The van der Waals surface area contributed by atoms with Gasteiger partial charge in [0.1, 0.15) is 17.2 Å². The highest BCUT2D eigenvalue weighted by atomic mass is 35.5. The number of pyridine rings is 1. The summed E-state index contributed by atoms with van der Waals surface area (Å²) in [5.41, 5.74) is 4.62. The quantitative estimate of drug-likeness (QED) is 0.222. The molecule has 0 bridgehead atoms. The van der Waals surface area contributed by atoms with Crippen molar-refractivity contribution >= 4 is 57.7 Å². The maximum absolute atomic E-state index is 13.7. The number of carbonyl (C=O) groups is 2. The number of piperidine rings is 1. The third-order valence-electron chi connectivity index (χ3n) is 8.28. The molecule has 3 heterocycles. The highest BCUT2D eigenvalue weighted by Gasteiger charge is 2.26. The van der Waals surface area contributed by atoms with E-state index in [2.05, 4.69) is 22.5 Å². The van der Waals surface area contributed by atoms with Crippen molar-refractivity contribution < 1.29 is 9.59 Å². The van der Waals surface area contributed by atoms with Gasteiger partial charge in [0.05, 0.1) is 10.6 Å². The zero-order valence-electron chi connectivity index (χ0n) is 26.2. The molecule has 2 N–H and O–H groups in total. The number of fused-ring (bicyclic) bond motifs is 1. The number of nitrogens with one attached hydrogen (secondary N) is 2. The molecule has 1 saturated heterocycles. The minimum absolute atomic E-state index is 0.0623.